The number of para-hydroxylation sites is 1. The van der Waals surface area contributed by atoms with Gasteiger partial charge in [0.1, 0.15) is 17.7 Å². The summed E-state index contributed by atoms with van der Waals surface area (Å²) >= 11 is 4.39. The van der Waals surface area contributed by atoms with Crippen molar-refractivity contribution in [2.45, 2.75) is 92.0 Å². The first kappa shape index (κ1) is 32.2. The number of aryl methyl sites for hydroxylation is 2. The molecule has 0 radical (unpaired) electrons. The Morgan fingerprint density at radius 2 is 1.64 bits per heavy atom. The molecule has 0 aliphatic heterocycles. The van der Waals surface area contributed by atoms with E-state index in [0.717, 1.165) is 17.5 Å². The molecular formula is C31H45N3O4S. The average Bonchev–Trinajstić information content (AvgIpc) is 2.84. The van der Waals surface area contributed by atoms with E-state index in [0.29, 0.717) is 23.6 Å². The standard InChI is InChI=1S/C31H45N3O4S/c1-20(2)16-17-23(5)34(29(36)26(19-39)33-30(37)38-31(6,7)8)27(24-14-11-12-21(3)18-24)28(35)32-25-15-10-9-13-22(25)4/h9-15,18,20,23,26-27,39H,16-17,19H2,1-8H3,(H,32,35)(H,33,37). The van der Waals surface area contributed by atoms with Crippen LogP contribution in [0, 0.1) is 19.8 Å². The van der Waals surface area contributed by atoms with Crippen LogP contribution in [0.1, 0.15) is 77.1 Å². The number of benzene rings is 2. The number of hydrogen-bond acceptors (Lipinski definition) is 5. The van der Waals surface area contributed by atoms with E-state index in [1.165, 1.54) is 0 Å². The minimum Gasteiger partial charge on any atom is -0.444 e. The molecule has 0 heterocycles. The quantitative estimate of drug-likeness (QED) is 0.278. The van der Waals surface area contributed by atoms with Crippen LogP contribution in [-0.4, -0.2) is 46.2 Å². The predicted octanol–water partition coefficient (Wildman–Crippen LogP) is 6.46. The minimum atomic E-state index is -0.983. The van der Waals surface area contributed by atoms with Gasteiger partial charge in [0.2, 0.25) is 5.91 Å². The second kappa shape index (κ2) is 14.4. The van der Waals surface area contributed by atoms with Crippen molar-refractivity contribution in [1.82, 2.24) is 10.2 Å². The molecule has 3 atom stereocenters. The van der Waals surface area contributed by atoms with Gasteiger partial charge >= 0.3 is 6.09 Å². The van der Waals surface area contributed by atoms with Crippen LogP contribution in [0.3, 0.4) is 0 Å². The van der Waals surface area contributed by atoms with Gasteiger partial charge in [-0.15, -0.1) is 0 Å². The van der Waals surface area contributed by atoms with Gasteiger partial charge in [-0.1, -0.05) is 61.9 Å². The molecule has 2 N–H and O–H groups in total. The van der Waals surface area contributed by atoms with Gasteiger partial charge in [0, 0.05) is 17.5 Å². The van der Waals surface area contributed by atoms with Crippen LogP contribution < -0.4 is 10.6 Å². The zero-order valence-corrected chi connectivity index (χ0v) is 25.5. The van der Waals surface area contributed by atoms with Crippen molar-refractivity contribution in [3.63, 3.8) is 0 Å². The predicted molar refractivity (Wildman–Crippen MR) is 161 cm³/mol. The Bertz CT molecular complexity index is 1130. The summed E-state index contributed by atoms with van der Waals surface area (Å²) in [6, 6.07) is 13.0. The molecular weight excluding hydrogens is 510 g/mol. The molecule has 3 unspecified atom stereocenters. The van der Waals surface area contributed by atoms with Gasteiger partial charge in [-0.05, 0) is 77.5 Å². The first-order valence-corrected chi connectivity index (χ1v) is 14.2. The number of alkyl carbamates (subject to hydrolysis) is 1. The zero-order valence-electron chi connectivity index (χ0n) is 24.6. The van der Waals surface area contributed by atoms with Crippen molar-refractivity contribution >= 4 is 36.2 Å². The molecule has 0 saturated heterocycles. The number of nitrogens with one attached hydrogen (secondary N) is 2. The fraction of sp³-hybridized carbons (Fsp3) is 0.516. The molecule has 39 heavy (non-hydrogen) atoms. The van der Waals surface area contributed by atoms with E-state index in [-0.39, 0.29) is 17.7 Å². The summed E-state index contributed by atoms with van der Waals surface area (Å²) in [7, 11) is 0. The Labute approximate surface area is 239 Å². The molecule has 0 spiro atoms. The maximum absolute atomic E-state index is 14.2. The number of carbonyl (C=O) groups is 3. The van der Waals surface area contributed by atoms with Gasteiger partial charge < -0.3 is 20.3 Å². The summed E-state index contributed by atoms with van der Waals surface area (Å²) in [4.78, 5) is 42.5. The SMILES string of the molecule is Cc1cccc(C(C(=O)Nc2ccccc2C)N(C(=O)C(CS)NC(=O)OC(C)(C)C)C(C)CCC(C)C)c1. The first-order valence-electron chi connectivity index (χ1n) is 13.6. The second-order valence-corrected chi connectivity index (χ2v) is 11.9. The lowest BCUT2D eigenvalue weighted by molar-refractivity contribution is -0.143. The third kappa shape index (κ3) is 9.92. The molecule has 2 aromatic rings. The van der Waals surface area contributed by atoms with Crippen LogP contribution in [0.5, 0.6) is 0 Å². The number of thiol groups is 1. The van der Waals surface area contributed by atoms with Crippen molar-refractivity contribution < 1.29 is 19.1 Å². The smallest absolute Gasteiger partial charge is 0.408 e. The summed E-state index contributed by atoms with van der Waals surface area (Å²) in [6.07, 6.45) is 0.853. The molecule has 0 fully saturated rings. The molecule has 0 saturated carbocycles. The Morgan fingerprint density at radius 3 is 2.21 bits per heavy atom. The number of rotatable bonds is 11. The van der Waals surface area contributed by atoms with Gasteiger partial charge in [0.05, 0.1) is 0 Å². The Hall–Kier alpha value is -3.00. The topological polar surface area (TPSA) is 87.7 Å². The summed E-state index contributed by atoms with van der Waals surface area (Å²) in [6.45, 7) is 15.4. The number of hydrogen-bond donors (Lipinski definition) is 3. The van der Waals surface area contributed by atoms with Crippen molar-refractivity contribution in [1.29, 1.82) is 0 Å². The molecule has 3 amide bonds. The van der Waals surface area contributed by atoms with Crippen molar-refractivity contribution in [3.05, 3.63) is 65.2 Å². The third-order valence-corrected chi connectivity index (χ3v) is 6.72. The van der Waals surface area contributed by atoms with E-state index < -0.39 is 29.7 Å². The van der Waals surface area contributed by atoms with E-state index in [1.807, 2.05) is 69.3 Å². The highest BCUT2D eigenvalue weighted by molar-refractivity contribution is 7.80. The van der Waals surface area contributed by atoms with Crippen LogP contribution in [0.2, 0.25) is 0 Å². The van der Waals surface area contributed by atoms with E-state index >= 15 is 0 Å². The number of carbonyl (C=O) groups excluding carboxylic acids is 3. The maximum Gasteiger partial charge on any atom is 0.408 e. The van der Waals surface area contributed by atoms with Crippen LogP contribution in [0.25, 0.3) is 0 Å². The first-order chi connectivity index (χ1) is 18.2. The van der Waals surface area contributed by atoms with E-state index in [4.69, 9.17) is 4.74 Å². The highest BCUT2D eigenvalue weighted by Gasteiger charge is 2.38. The largest absolute Gasteiger partial charge is 0.444 e. The molecule has 8 heteroatoms. The Kier molecular flexibility index (Phi) is 11.9. The van der Waals surface area contributed by atoms with Gasteiger partial charge in [0.15, 0.2) is 0 Å². The summed E-state index contributed by atoms with van der Waals surface area (Å²) in [5.41, 5.74) is 2.54. The van der Waals surface area contributed by atoms with Gasteiger partial charge in [-0.25, -0.2) is 4.79 Å². The lowest BCUT2D eigenvalue weighted by Crippen LogP contribution is -2.55. The lowest BCUT2D eigenvalue weighted by Gasteiger charge is -2.38. The van der Waals surface area contributed by atoms with E-state index in [9.17, 15) is 14.4 Å². The van der Waals surface area contributed by atoms with Crippen molar-refractivity contribution in [2.75, 3.05) is 11.1 Å². The summed E-state index contributed by atoms with van der Waals surface area (Å²) in [5.74, 6) is -0.248. The van der Waals surface area contributed by atoms with Crippen molar-refractivity contribution in [2.24, 2.45) is 5.92 Å². The van der Waals surface area contributed by atoms with E-state index in [1.54, 1.807) is 25.7 Å². The van der Waals surface area contributed by atoms with Crippen LogP contribution in [0.4, 0.5) is 10.5 Å². The Morgan fingerprint density at radius 1 is 0.974 bits per heavy atom. The third-order valence-electron chi connectivity index (χ3n) is 6.35. The molecule has 7 nitrogen and oxygen atoms in total. The molecule has 2 rings (SSSR count). The Balaban J connectivity index is 2.57. The van der Waals surface area contributed by atoms with Gasteiger partial charge in [-0.3, -0.25) is 9.59 Å². The number of ether oxygens (including phenoxy) is 1. The summed E-state index contributed by atoms with van der Waals surface area (Å²) < 4.78 is 5.41. The molecule has 0 aromatic heterocycles. The van der Waals surface area contributed by atoms with E-state index in [2.05, 4.69) is 37.1 Å². The van der Waals surface area contributed by atoms with Gasteiger partial charge in [-0.2, -0.15) is 12.6 Å². The monoisotopic (exact) mass is 555 g/mol. The maximum atomic E-state index is 14.2. The minimum absolute atomic E-state index is 0.0471. The summed E-state index contributed by atoms with van der Waals surface area (Å²) in [5, 5.41) is 5.73. The highest BCUT2D eigenvalue weighted by atomic mass is 32.1. The van der Waals surface area contributed by atoms with Crippen LogP contribution >= 0.6 is 12.6 Å². The molecule has 0 bridgehead atoms. The fourth-order valence-corrected chi connectivity index (χ4v) is 4.57. The van der Waals surface area contributed by atoms with Crippen LogP contribution in [0.15, 0.2) is 48.5 Å². The zero-order chi connectivity index (χ0) is 29.3. The number of amides is 3. The molecule has 0 aliphatic rings. The second-order valence-electron chi connectivity index (χ2n) is 11.6. The molecule has 2 aromatic carbocycles. The van der Waals surface area contributed by atoms with Crippen molar-refractivity contribution in [3.8, 4) is 0 Å². The molecule has 214 valence electrons. The number of nitrogens with zero attached hydrogens (tertiary/aromatic N) is 1. The van der Waals surface area contributed by atoms with Gasteiger partial charge in [0.25, 0.3) is 5.91 Å². The fourth-order valence-electron chi connectivity index (χ4n) is 4.32. The number of anilines is 1. The molecule has 0 aliphatic carbocycles. The van der Waals surface area contributed by atoms with Crippen LogP contribution in [-0.2, 0) is 14.3 Å². The average molecular weight is 556 g/mol. The lowest BCUT2D eigenvalue weighted by atomic mass is 9.96. The highest BCUT2D eigenvalue weighted by Crippen LogP contribution is 2.30. The normalized spacial score (nSPS) is 13.8.